The van der Waals surface area contributed by atoms with Crippen molar-refractivity contribution in [2.24, 2.45) is 0 Å². The van der Waals surface area contributed by atoms with E-state index in [1.165, 1.54) is 0 Å². The van der Waals surface area contributed by atoms with Crippen molar-refractivity contribution in [2.45, 2.75) is 0 Å². The third kappa shape index (κ3) is 0.909. The van der Waals surface area contributed by atoms with Crippen molar-refractivity contribution >= 4 is 0 Å². The van der Waals surface area contributed by atoms with Crippen LogP contribution in [0, 0.1) is 11.3 Å². The summed E-state index contributed by atoms with van der Waals surface area (Å²) in [7, 11) is 0. The summed E-state index contributed by atoms with van der Waals surface area (Å²) < 4.78 is 0. The number of nitrogens with one attached hydrogen (secondary N) is 2. The molecular formula is C5H7N3. The van der Waals surface area contributed by atoms with Crippen molar-refractivity contribution in [3.63, 3.8) is 0 Å². The Morgan fingerprint density at radius 2 is 2.50 bits per heavy atom. The zero-order valence-electron chi connectivity index (χ0n) is 4.44. The fourth-order valence-electron chi connectivity index (χ4n) is 0.566. The first-order valence-electron chi connectivity index (χ1n) is 2.51. The minimum atomic E-state index is 0.622. The van der Waals surface area contributed by atoms with E-state index in [1.54, 1.807) is 6.20 Å². The van der Waals surface area contributed by atoms with Gasteiger partial charge in [-0.2, -0.15) is 5.26 Å². The van der Waals surface area contributed by atoms with Crippen LogP contribution in [0.15, 0.2) is 11.9 Å². The molecular weight excluding hydrogens is 102 g/mol. The fraction of sp³-hybridized carbons (Fsp3) is 0.400. The molecule has 42 valence electrons. The van der Waals surface area contributed by atoms with E-state index in [9.17, 15) is 0 Å². The summed E-state index contributed by atoms with van der Waals surface area (Å²) in [6.07, 6.45) is 1.68. The van der Waals surface area contributed by atoms with Crippen molar-refractivity contribution < 1.29 is 0 Å². The van der Waals surface area contributed by atoms with Gasteiger partial charge >= 0.3 is 0 Å². The number of allylic oxidation sites excluding steroid dienone is 1. The third-order valence-corrected chi connectivity index (χ3v) is 0.952. The number of nitriles is 1. The van der Waals surface area contributed by atoms with Gasteiger partial charge in [-0.05, 0) is 0 Å². The van der Waals surface area contributed by atoms with Crippen molar-refractivity contribution in [2.75, 3.05) is 13.1 Å². The van der Waals surface area contributed by atoms with Crippen molar-refractivity contribution in [3.05, 3.63) is 11.9 Å². The Bertz CT molecular complexity index is 142. The lowest BCUT2D eigenvalue weighted by Gasteiger charge is -2.10. The highest BCUT2D eigenvalue weighted by molar-refractivity contribution is 5.18. The molecule has 0 aliphatic carbocycles. The molecule has 8 heavy (non-hydrogen) atoms. The first kappa shape index (κ1) is 4.98. The van der Waals surface area contributed by atoms with Gasteiger partial charge in [0.25, 0.3) is 0 Å². The van der Waals surface area contributed by atoms with Gasteiger partial charge in [0.2, 0.25) is 0 Å². The average molecular weight is 109 g/mol. The molecule has 0 bridgehead atoms. The van der Waals surface area contributed by atoms with Crippen molar-refractivity contribution in [1.29, 1.82) is 5.26 Å². The highest BCUT2D eigenvalue weighted by Crippen LogP contribution is 1.85. The van der Waals surface area contributed by atoms with Crippen LogP contribution in [0.2, 0.25) is 0 Å². The van der Waals surface area contributed by atoms with Crippen LogP contribution in [-0.4, -0.2) is 13.1 Å². The number of hydrogen-bond acceptors (Lipinski definition) is 3. The van der Waals surface area contributed by atoms with Crippen LogP contribution in [0.25, 0.3) is 0 Å². The topological polar surface area (TPSA) is 47.9 Å². The van der Waals surface area contributed by atoms with Gasteiger partial charge in [-0.25, -0.2) is 0 Å². The molecule has 1 rings (SSSR count). The van der Waals surface area contributed by atoms with E-state index >= 15 is 0 Å². The second-order valence-corrected chi connectivity index (χ2v) is 1.55. The van der Waals surface area contributed by atoms with Crippen LogP contribution in [0.1, 0.15) is 0 Å². The normalized spacial score (nSPS) is 17.1. The molecule has 0 aromatic rings. The van der Waals surface area contributed by atoms with Gasteiger partial charge in [-0.15, -0.1) is 0 Å². The van der Waals surface area contributed by atoms with Gasteiger partial charge in [0, 0.05) is 19.3 Å². The lowest BCUT2D eigenvalue weighted by atomic mass is 10.4. The van der Waals surface area contributed by atoms with E-state index in [0.717, 1.165) is 13.1 Å². The Balaban J connectivity index is 2.53. The lowest BCUT2D eigenvalue weighted by molar-refractivity contribution is 0.702. The summed E-state index contributed by atoms with van der Waals surface area (Å²) in [5.41, 5.74) is 0.622. The minimum Gasteiger partial charge on any atom is -0.387 e. The molecule has 3 heteroatoms. The zero-order chi connectivity index (χ0) is 5.82. The van der Waals surface area contributed by atoms with Crippen LogP contribution < -0.4 is 10.6 Å². The second-order valence-electron chi connectivity index (χ2n) is 1.55. The summed E-state index contributed by atoms with van der Waals surface area (Å²) in [4.78, 5) is 0. The first-order valence-corrected chi connectivity index (χ1v) is 2.51. The van der Waals surface area contributed by atoms with Gasteiger partial charge in [-0.3, -0.25) is 0 Å². The van der Waals surface area contributed by atoms with E-state index in [0.29, 0.717) is 5.70 Å². The summed E-state index contributed by atoms with van der Waals surface area (Å²) in [6.45, 7) is 1.75. The van der Waals surface area contributed by atoms with Crippen LogP contribution in [0.5, 0.6) is 0 Å². The standard InChI is InChI=1S/C5H7N3/c6-3-5-4-7-1-2-8-5/h4,7-8H,1-2H2. The molecule has 1 aliphatic rings. The Kier molecular flexibility index (Phi) is 1.38. The van der Waals surface area contributed by atoms with Gasteiger partial charge < -0.3 is 10.6 Å². The Morgan fingerprint density at radius 3 is 2.88 bits per heavy atom. The molecule has 1 aliphatic heterocycles. The number of hydrogen-bond donors (Lipinski definition) is 2. The highest BCUT2D eigenvalue weighted by Gasteiger charge is 1.96. The molecule has 2 N–H and O–H groups in total. The van der Waals surface area contributed by atoms with Crippen LogP contribution in [0.4, 0.5) is 0 Å². The quantitative estimate of drug-likeness (QED) is 0.442. The molecule has 0 fully saturated rings. The monoisotopic (exact) mass is 109 g/mol. The summed E-state index contributed by atoms with van der Waals surface area (Å²) in [6, 6.07) is 1.99. The first-order chi connectivity index (χ1) is 3.93. The molecule has 0 amide bonds. The molecule has 0 saturated carbocycles. The van der Waals surface area contributed by atoms with Gasteiger partial charge in [0.1, 0.15) is 11.8 Å². The molecule has 0 saturated heterocycles. The Labute approximate surface area is 48.0 Å². The zero-order valence-corrected chi connectivity index (χ0v) is 4.44. The predicted molar refractivity (Wildman–Crippen MR) is 29.7 cm³/mol. The molecule has 0 atom stereocenters. The van der Waals surface area contributed by atoms with E-state index in [1.807, 2.05) is 6.07 Å². The highest BCUT2D eigenvalue weighted by atomic mass is 15.0. The van der Waals surface area contributed by atoms with E-state index in [-0.39, 0.29) is 0 Å². The molecule has 1 heterocycles. The van der Waals surface area contributed by atoms with Gasteiger partial charge in [-0.1, -0.05) is 0 Å². The summed E-state index contributed by atoms with van der Waals surface area (Å²) >= 11 is 0. The molecule has 0 unspecified atom stereocenters. The van der Waals surface area contributed by atoms with Crippen molar-refractivity contribution in [3.8, 4) is 6.07 Å². The van der Waals surface area contributed by atoms with E-state index in [4.69, 9.17) is 5.26 Å². The van der Waals surface area contributed by atoms with Gasteiger partial charge in [0.15, 0.2) is 0 Å². The minimum absolute atomic E-state index is 0.622. The molecule has 0 spiro atoms. The maximum absolute atomic E-state index is 8.27. The lowest BCUT2D eigenvalue weighted by Crippen LogP contribution is -2.30. The summed E-state index contributed by atoms with van der Waals surface area (Å²) in [5, 5.41) is 14.1. The maximum atomic E-state index is 8.27. The SMILES string of the molecule is N#CC1=CNCCN1. The number of nitrogens with zero attached hydrogens (tertiary/aromatic N) is 1. The van der Waals surface area contributed by atoms with E-state index in [2.05, 4.69) is 10.6 Å². The second kappa shape index (κ2) is 2.22. The summed E-state index contributed by atoms with van der Waals surface area (Å²) in [5.74, 6) is 0. The molecule has 0 aromatic carbocycles. The van der Waals surface area contributed by atoms with Crippen molar-refractivity contribution in [1.82, 2.24) is 10.6 Å². The third-order valence-electron chi connectivity index (χ3n) is 0.952. The molecule has 0 radical (unpaired) electrons. The van der Waals surface area contributed by atoms with Crippen LogP contribution in [-0.2, 0) is 0 Å². The smallest absolute Gasteiger partial charge is 0.129 e. The fourth-order valence-corrected chi connectivity index (χ4v) is 0.566. The Hall–Kier alpha value is -1.17. The van der Waals surface area contributed by atoms with Crippen LogP contribution in [0.3, 0.4) is 0 Å². The average Bonchev–Trinajstić information content (AvgIpc) is 1.90. The van der Waals surface area contributed by atoms with E-state index < -0.39 is 0 Å². The maximum Gasteiger partial charge on any atom is 0.129 e. The predicted octanol–water partition coefficient (Wildman–Crippen LogP) is -0.456. The number of rotatable bonds is 0. The molecule has 0 aromatic heterocycles. The van der Waals surface area contributed by atoms with Gasteiger partial charge in [0.05, 0.1) is 0 Å². The largest absolute Gasteiger partial charge is 0.387 e. The molecule has 3 nitrogen and oxygen atoms in total. The van der Waals surface area contributed by atoms with Crippen LogP contribution >= 0.6 is 0 Å². The Morgan fingerprint density at radius 1 is 1.62 bits per heavy atom.